The van der Waals surface area contributed by atoms with Crippen LogP contribution in [0.25, 0.3) is 0 Å². The van der Waals surface area contributed by atoms with Crippen molar-refractivity contribution in [2.24, 2.45) is 0 Å². The van der Waals surface area contributed by atoms with E-state index in [4.69, 9.17) is 4.74 Å². The van der Waals surface area contributed by atoms with Crippen LogP contribution in [0.3, 0.4) is 0 Å². The molecule has 0 radical (unpaired) electrons. The Balaban J connectivity index is 2.49. The molecule has 1 heterocycles. The molecule has 0 aliphatic heterocycles. The highest BCUT2D eigenvalue weighted by Crippen LogP contribution is 2.26. The molecule has 1 aromatic heterocycles. The minimum atomic E-state index is 0.508. The first kappa shape index (κ1) is 13.7. The molecule has 0 aromatic carbocycles. The molecule has 0 saturated carbocycles. The topological polar surface area (TPSA) is 21.3 Å². The molecule has 2 nitrogen and oxygen atoms in total. The number of hydrogen-bond donors (Lipinski definition) is 1. The van der Waals surface area contributed by atoms with Crippen molar-refractivity contribution in [3.63, 3.8) is 0 Å². The second-order valence-corrected chi connectivity index (χ2v) is 5.41. The zero-order chi connectivity index (χ0) is 11.8. The largest absolute Gasteiger partial charge is 0.385 e. The summed E-state index contributed by atoms with van der Waals surface area (Å²) in [5.41, 5.74) is 0. The van der Waals surface area contributed by atoms with Gasteiger partial charge in [-0.3, -0.25) is 0 Å². The van der Waals surface area contributed by atoms with Crippen LogP contribution in [0.2, 0.25) is 0 Å². The third-order valence-corrected chi connectivity index (χ3v) is 3.70. The number of aryl methyl sites for hydroxylation is 1. The molecule has 1 atom stereocenters. The summed E-state index contributed by atoms with van der Waals surface area (Å²) in [6.45, 7) is 6.32. The molecule has 0 aliphatic rings. The summed E-state index contributed by atoms with van der Waals surface area (Å²) in [7, 11) is 1.77. The highest BCUT2D eigenvalue weighted by Gasteiger charge is 2.11. The van der Waals surface area contributed by atoms with Gasteiger partial charge in [0.15, 0.2) is 0 Å². The summed E-state index contributed by atoms with van der Waals surface area (Å²) < 4.78 is 5.11. The fraction of sp³-hybridized carbons (Fsp3) is 0.692. The van der Waals surface area contributed by atoms with E-state index in [0.29, 0.717) is 6.04 Å². The Morgan fingerprint density at radius 1 is 1.44 bits per heavy atom. The van der Waals surface area contributed by atoms with Gasteiger partial charge in [-0.1, -0.05) is 6.92 Å². The molecule has 1 N–H and O–H groups in total. The molecule has 1 aromatic rings. The van der Waals surface area contributed by atoms with Gasteiger partial charge in [-0.2, -0.15) is 0 Å². The molecule has 0 spiro atoms. The lowest BCUT2D eigenvalue weighted by Gasteiger charge is -2.16. The fourth-order valence-electron chi connectivity index (χ4n) is 1.74. The van der Waals surface area contributed by atoms with Gasteiger partial charge in [-0.25, -0.2) is 0 Å². The van der Waals surface area contributed by atoms with Gasteiger partial charge in [0, 0.05) is 29.5 Å². The van der Waals surface area contributed by atoms with Crippen LogP contribution in [0.5, 0.6) is 0 Å². The van der Waals surface area contributed by atoms with Crippen LogP contribution >= 0.6 is 11.3 Å². The molecular weight excluding hydrogens is 218 g/mol. The van der Waals surface area contributed by atoms with Crippen molar-refractivity contribution in [2.75, 3.05) is 20.3 Å². The van der Waals surface area contributed by atoms with Crippen LogP contribution in [0.4, 0.5) is 0 Å². The van der Waals surface area contributed by atoms with Crippen LogP contribution in [-0.4, -0.2) is 20.3 Å². The normalized spacial score (nSPS) is 12.9. The fourth-order valence-corrected chi connectivity index (χ4v) is 2.72. The average Bonchev–Trinajstić information content (AvgIpc) is 2.70. The molecule has 92 valence electrons. The van der Waals surface area contributed by atoms with Gasteiger partial charge in [0.2, 0.25) is 0 Å². The maximum Gasteiger partial charge on any atom is 0.0462 e. The van der Waals surface area contributed by atoms with Crippen LogP contribution in [0.15, 0.2) is 12.1 Å². The number of methoxy groups -OCH3 is 1. The Kier molecular flexibility index (Phi) is 6.69. The number of nitrogens with one attached hydrogen (secondary N) is 1. The smallest absolute Gasteiger partial charge is 0.0462 e. The van der Waals surface area contributed by atoms with E-state index in [0.717, 1.165) is 26.0 Å². The summed E-state index contributed by atoms with van der Waals surface area (Å²) in [5.74, 6) is 0. The van der Waals surface area contributed by atoms with E-state index in [1.165, 1.54) is 16.2 Å². The quantitative estimate of drug-likeness (QED) is 0.703. The number of hydrogen-bond acceptors (Lipinski definition) is 3. The summed E-state index contributed by atoms with van der Waals surface area (Å²) in [6, 6.07) is 4.96. The molecule has 0 aliphatic carbocycles. The van der Waals surface area contributed by atoms with Gasteiger partial charge >= 0.3 is 0 Å². The number of thiophene rings is 1. The van der Waals surface area contributed by atoms with Crippen molar-refractivity contribution in [1.82, 2.24) is 5.32 Å². The molecule has 0 bridgehead atoms. The van der Waals surface area contributed by atoms with E-state index >= 15 is 0 Å². The highest BCUT2D eigenvalue weighted by molar-refractivity contribution is 7.12. The van der Waals surface area contributed by atoms with E-state index < -0.39 is 0 Å². The lowest BCUT2D eigenvalue weighted by molar-refractivity contribution is 0.189. The maximum atomic E-state index is 5.11. The molecular formula is C13H23NOS. The van der Waals surface area contributed by atoms with Crippen LogP contribution in [-0.2, 0) is 4.74 Å². The predicted octanol–water partition coefficient (Wildman–Crippen LogP) is 3.52. The van der Waals surface area contributed by atoms with Crippen LogP contribution in [0.1, 0.15) is 42.0 Å². The van der Waals surface area contributed by atoms with Gasteiger partial charge in [0.25, 0.3) is 0 Å². The molecule has 3 heteroatoms. The van der Waals surface area contributed by atoms with Crippen molar-refractivity contribution in [1.29, 1.82) is 0 Å². The average molecular weight is 241 g/mol. The van der Waals surface area contributed by atoms with Gasteiger partial charge in [-0.05, 0) is 44.9 Å². The van der Waals surface area contributed by atoms with Crippen LogP contribution < -0.4 is 5.32 Å². The van der Waals surface area contributed by atoms with E-state index in [-0.39, 0.29) is 0 Å². The lowest BCUT2D eigenvalue weighted by atomic mass is 10.1. The molecule has 1 unspecified atom stereocenters. The molecule has 16 heavy (non-hydrogen) atoms. The van der Waals surface area contributed by atoms with Crippen molar-refractivity contribution in [2.45, 2.75) is 39.2 Å². The first-order valence-corrected chi connectivity index (χ1v) is 6.88. The van der Waals surface area contributed by atoms with Crippen molar-refractivity contribution in [3.05, 3.63) is 21.9 Å². The van der Waals surface area contributed by atoms with Gasteiger partial charge in [0.05, 0.1) is 0 Å². The molecule has 0 fully saturated rings. The molecule has 0 saturated heterocycles. The Labute approximate surface area is 103 Å². The zero-order valence-electron chi connectivity index (χ0n) is 10.6. The Hall–Kier alpha value is -0.380. The molecule has 0 amide bonds. The van der Waals surface area contributed by atoms with Crippen molar-refractivity contribution >= 4 is 11.3 Å². The van der Waals surface area contributed by atoms with Crippen LogP contribution in [0, 0.1) is 6.92 Å². The van der Waals surface area contributed by atoms with Crippen molar-refractivity contribution in [3.8, 4) is 0 Å². The predicted molar refractivity (Wildman–Crippen MR) is 71.2 cm³/mol. The summed E-state index contributed by atoms with van der Waals surface area (Å²) in [6.07, 6.45) is 3.47. The summed E-state index contributed by atoms with van der Waals surface area (Å²) in [4.78, 5) is 2.85. The van der Waals surface area contributed by atoms with Gasteiger partial charge < -0.3 is 10.1 Å². The standard InChI is InChI=1S/C13H23NOS/c1-4-9-14-12(6-5-10-15-3)13-8-7-11(2)16-13/h7-8,12,14H,4-6,9-10H2,1-3H3. The first-order valence-electron chi connectivity index (χ1n) is 6.06. The summed E-state index contributed by atoms with van der Waals surface area (Å²) in [5, 5.41) is 3.61. The van der Waals surface area contributed by atoms with E-state index in [1.54, 1.807) is 7.11 Å². The highest BCUT2D eigenvalue weighted by atomic mass is 32.1. The monoisotopic (exact) mass is 241 g/mol. The number of rotatable bonds is 8. The third kappa shape index (κ3) is 4.64. The van der Waals surface area contributed by atoms with Gasteiger partial charge in [-0.15, -0.1) is 11.3 Å². The maximum absolute atomic E-state index is 5.11. The zero-order valence-corrected chi connectivity index (χ0v) is 11.4. The Morgan fingerprint density at radius 2 is 2.25 bits per heavy atom. The summed E-state index contributed by atoms with van der Waals surface area (Å²) >= 11 is 1.90. The number of ether oxygens (including phenoxy) is 1. The Morgan fingerprint density at radius 3 is 2.81 bits per heavy atom. The third-order valence-electron chi connectivity index (χ3n) is 2.59. The SMILES string of the molecule is CCCNC(CCCOC)c1ccc(C)s1. The first-order chi connectivity index (χ1) is 7.77. The Bertz CT molecular complexity index is 285. The second kappa shape index (κ2) is 7.82. The minimum absolute atomic E-state index is 0.508. The minimum Gasteiger partial charge on any atom is -0.385 e. The lowest BCUT2D eigenvalue weighted by Crippen LogP contribution is -2.21. The van der Waals surface area contributed by atoms with Gasteiger partial charge in [0.1, 0.15) is 0 Å². The molecule has 1 rings (SSSR count). The van der Waals surface area contributed by atoms with E-state index in [2.05, 4.69) is 31.3 Å². The van der Waals surface area contributed by atoms with E-state index in [1.807, 2.05) is 11.3 Å². The van der Waals surface area contributed by atoms with E-state index in [9.17, 15) is 0 Å². The second-order valence-electron chi connectivity index (χ2n) is 4.09. The van der Waals surface area contributed by atoms with Crippen molar-refractivity contribution < 1.29 is 4.74 Å².